The molecule has 0 spiro atoms. The minimum atomic E-state index is -3.40. The molecule has 0 amide bonds. The van der Waals surface area contributed by atoms with E-state index in [1.165, 1.54) is 10.9 Å². The second kappa shape index (κ2) is 6.02. The van der Waals surface area contributed by atoms with Crippen LogP contribution in [0.3, 0.4) is 0 Å². The molecule has 1 unspecified atom stereocenters. The summed E-state index contributed by atoms with van der Waals surface area (Å²) in [4.78, 5) is 0.298. The highest BCUT2D eigenvalue weighted by molar-refractivity contribution is 7.89. The topological polar surface area (TPSA) is 67.2 Å². The Balaban J connectivity index is 2.21. The summed E-state index contributed by atoms with van der Waals surface area (Å²) in [6, 6.07) is 0.103. The summed E-state index contributed by atoms with van der Waals surface area (Å²) >= 11 is 0. The molecule has 2 rings (SSSR count). The molecule has 1 aliphatic heterocycles. The lowest BCUT2D eigenvalue weighted by atomic mass is 10.0. The monoisotopic (exact) mass is 286 g/mol. The van der Waals surface area contributed by atoms with E-state index in [0.717, 1.165) is 32.2 Å². The molecule has 1 atom stereocenters. The number of aromatic nitrogens is 2. The van der Waals surface area contributed by atoms with Gasteiger partial charge in [-0.2, -0.15) is 9.40 Å². The van der Waals surface area contributed by atoms with Crippen LogP contribution in [-0.2, 0) is 17.1 Å². The maximum absolute atomic E-state index is 12.6. The summed E-state index contributed by atoms with van der Waals surface area (Å²) in [5.74, 6) is 0. The summed E-state index contributed by atoms with van der Waals surface area (Å²) in [7, 11) is 0.223. The molecule has 108 valence electrons. The summed E-state index contributed by atoms with van der Waals surface area (Å²) in [5.41, 5.74) is 0. The van der Waals surface area contributed by atoms with E-state index >= 15 is 0 Å². The number of hydrogen-bond acceptors (Lipinski definition) is 4. The third-order valence-corrected chi connectivity index (χ3v) is 5.49. The fraction of sp³-hybridized carbons (Fsp3) is 0.750. The second-order valence-corrected chi connectivity index (χ2v) is 6.90. The van der Waals surface area contributed by atoms with Gasteiger partial charge in [-0.3, -0.25) is 4.68 Å². The molecule has 1 saturated heterocycles. The van der Waals surface area contributed by atoms with Crippen molar-refractivity contribution in [2.75, 3.05) is 20.1 Å². The lowest BCUT2D eigenvalue weighted by Gasteiger charge is -2.34. The van der Waals surface area contributed by atoms with Crippen molar-refractivity contribution < 1.29 is 8.42 Å². The molecular formula is C12H22N4O2S. The number of rotatable bonds is 5. The van der Waals surface area contributed by atoms with Gasteiger partial charge in [0.1, 0.15) is 4.90 Å². The largest absolute Gasteiger partial charge is 0.320 e. The highest BCUT2D eigenvalue weighted by Crippen LogP contribution is 2.26. The van der Waals surface area contributed by atoms with Crippen LogP contribution in [-0.4, -0.2) is 48.7 Å². The number of aryl methyl sites for hydroxylation is 1. The Kier molecular flexibility index (Phi) is 4.59. The fourth-order valence-corrected chi connectivity index (χ4v) is 4.27. The highest BCUT2D eigenvalue weighted by Gasteiger charge is 2.33. The normalized spacial score (nSPS) is 21.7. The Morgan fingerprint density at radius 1 is 1.47 bits per heavy atom. The van der Waals surface area contributed by atoms with Crippen LogP contribution in [0.15, 0.2) is 17.3 Å². The first-order chi connectivity index (χ1) is 9.05. The Hall–Kier alpha value is -0.920. The molecule has 0 aliphatic carbocycles. The van der Waals surface area contributed by atoms with Crippen molar-refractivity contribution >= 4 is 10.0 Å². The molecule has 1 aromatic rings. The Bertz CT molecular complexity index is 512. The molecule has 1 N–H and O–H groups in total. The van der Waals surface area contributed by atoms with Gasteiger partial charge in [0.05, 0.1) is 6.20 Å². The van der Waals surface area contributed by atoms with E-state index in [-0.39, 0.29) is 6.04 Å². The predicted octanol–water partition coefficient (Wildman–Crippen LogP) is 0.573. The Morgan fingerprint density at radius 2 is 2.26 bits per heavy atom. The zero-order chi connectivity index (χ0) is 13.9. The van der Waals surface area contributed by atoms with Crippen LogP contribution < -0.4 is 5.32 Å². The minimum Gasteiger partial charge on any atom is -0.320 e. The number of nitrogens with zero attached hydrogens (tertiary/aromatic N) is 3. The van der Waals surface area contributed by atoms with E-state index in [1.54, 1.807) is 17.5 Å². The van der Waals surface area contributed by atoms with Crippen LogP contribution in [0.2, 0.25) is 0 Å². The first-order valence-corrected chi connectivity index (χ1v) is 8.15. The van der Waals surface area contributed by atoms with Crippen molar-refractivity contribution in [3.63, 3.8) is 0 Å². The second-order valence-electron chi connectivity index (χ2n) is 5.01. The maximum Gasteiger partial charge on any atom is 0.246 e. The van der Waals surface area contributed by atoms with Crippen molar-refractivity contribution in [3.05, 3.63) is 12.4 Å². The van der Waals surface area contributed by atoms with Crippen molar-refractivity contribution in [3.8, 4) is 0 Å². The van der Waals surface area contributed by atoms with E-state index in [2.05, 4.69) is 10.4 Å². The summed E-state index contributed by atoms with van der Waals surface area (Å²) < 4.78 is 28.4. The third kappa shape index (κ3) is 3.16. The first kappa shape index (κ1) is 14.5. The smallest absolute Gasteiger partial charge is 0.246 e. The predicted molar refractivity (Wildman–Crippen MR) is 73.3 cm³/mol. The van der Waals surface area contributed by atoms with Gasteiger partial charge in [0.25, 0.3) is 0 Å². The van der Waals surface area contributed by atoms with Gasteiger partial charge in [0.15, 0.2) is 0 Å². The van der Waals surface area contributed by atoms with Gasteiger partial charge in [-0.1, -0.05) is 6.42 Å². The first-order valence-electron chi connectivity index (χ1n) is 6.71. The molecule has 2 heterocycles. The quantitative estimate of drug-likeness (QED) is 0.859. The maximum atomic E-state index is 12.6. The van der Waals surface area contributed by atoms with Crippen molar-refractivity contribution in [1.82, 2.24) is 19.4 Å². The van der Waals surface area contributed by atoms with E-state index in [1.807, 2.05) is 7.05 Å². The average Bonchev–Trinajstić information content (AvgIpc) is 2.84. The van der Waals surface area contributed by atoms with E-state index in [9.17, 15) is 8.42 Å². The van der Waals surface area contributed by atoms with Crippen molar-refractivity contribution in [2.45, 2.75) is 36.6 Å². The summed E-state index contributed by atoms with van der Waals surface area (Å²) in [6.07, 6.45) is 6.85. The molecular weight excluding hydrogens is 264 g/mol. The molecule has 7 heteroatoms. The molecule has 0 saturated carbocycles. The van der Waals surface area contributed by atoms with E-state index < -0.39 is 10.0 Å². The molecule has 6 nitrogen and oxygen atoms in total. The van der Waals surface area contributed by atoms with Crippen LogP contribution >= 0.6 is 0 Å². The van der Waals surface area contributed by atoms with Crippen LogP contribution in [0, 0.1) is 0 Å². The van der Waals surface area contributed by atoms with Gasteiger partial charge >= 0.3 is 0 Å². The summed E-state index contributed by atoms with van der Waals surface area (Å²) in [6.45, 7) is 1.45. The van der Waals surface area contributed by atoms with Gasteiger partial charge in [-0.15, -0.1) is 0 Å². The Labute approximate surface area is 114 Å². The molecule has 19 heavy (non-hydrogen) atoms. The van der Waals surface area contributed by atoms with Gasteiger partial charge in [0, 0.05) is 25.8 Å². The number of sulfonamides is 1. The van der Waals surface area contributed by atoms with Crippen LogP contribution in [0.25, 0.3) is 0 Å². The molecule has 0 aromatic carbocycles. The lowest BCUT2D eigenvalue weighted by molar-refractivity contribution is 0.240. The fourth-order valence-electron chi connectivity index (χ4n) is 2.56. The van der Waals surface area contributed by atoms with Crippen molar-refractivity contribution in [2.24, 2.45) is 7.05 Å². The average molecular weight is 286 g/mol. The van der Waals surface area contributed by atoms with E-state index in [0.29, 0.717) is 11.4 Å². The highest BCUT2D eigenvalue weighted by atomic mass is 32.2. The molecule has 1 aromatic heterocycles. The SMILES string of the molecule is CNCCC1CCCCN1S(=O)(=O)c1cnn(C)c1. The van der Waals surface area contributed by atoms with Crippen LogP contribution in [0.5, 0.6) is 0 Å². The van der Waals surface area contributed by atoms with E-state index in [4.69, 9.17) is 0 Å². The molecule has 1 fully saturated rings. The van der Waals surface area contributed by atoms with Gasteiger partial charge in [-0.25, -0.2) is 8.42 Å². The third-order valence-electron chi connectivity index (χ3n) is 3.59. The number of nitrogens with one attached hydrogen (secondary N) is 1. The number of piperidine rings is 1. The molecule has 1 aliphatic rings. The van der Waals surface area contributed by atoms with Gasteiger partial charge in [-0.05, 0) is 32.9 Å². The van der Waals surface area contributed by atoms with Crippen LogP contribution in [0.4, 0.5) is 0 Å². The summed E-state index contributed by atoms with van der Waals surface area (Å²) in [5, 5.41) is 7.06. The van der Waals surface area contributed by atoms with Gasteiger partial charge in [0.2, 0.25) is 10.0 Å². The standard InChI is InChI=1S/C12H22N4O2S/c1-13-7-6-11-5-3-4-8-16(11)19(17,18)12-9-14-15(2)10-12/h9-11,13H,3-8H2,1-2H3. The lowest BCUT2D eigenvalue weighted by Crippen LogP contribution is -2.44. The Morgan fingerprint density at radius 3 is 2.89 bits per heavy atom. The number of hydrogen-bond donors (Lipinski definition) is 1. The van der Waals surface area contributed by atoms with Crippen LogP contribution in [0.1, 0.15) is 25.7 Å². The zero-order valence-electron chi connectivity index (χ0n) is 11.5. The zero-order valence-corrected chi connectivity index (χ0v) is 12.4. The minimum absolute atomic E-state index is 0.103. The van der Waals surface area contributed by atoms with Gasteiger partial charge < -0.3 is 5.32 Å². The van der Waals surface area contributed by atoms with Crippen molar-refractivity contribution in [1.29, 1.82) is 0 Å². The molecule has 0 radical (unpaired) electrons. The molecule has 0 bridgehead atoms.